The molecule has 0 N–H and O–H groups in total. The van der Waals surface area contributed by atoms with Crippen LogP contribution < -0.4 is 0 Å². The van der Waals surface area contributed by atoms with Crippen LogP contribution in [0.2, 0.25) is 10.0 Å². The van der Waals surface area contributed by atoms with Crippen molar-refractivity contribution in [3.8, 4) is 0 Å². The summed E-state index contributed by atoms with van der Waals surface area (Å²) < 4.78 is 24.2. The number of benzene rings is 1. The second-order valence-electron chi connectivity index (χ2n) is 3.84. The highest BCUT2D eigenvalue weighted by atomic mass is 35.5. The summed E-state index contributed by atoms with van der Waals surface area (Å²) in [5.74, 6) is -0.166. The first-order valence-electron chi connectivity index (χ1n) is 4.93. The van der Waals surface area contributed by atoms with Gasteiger partial charge in [0.2, 0.25) is 0 Å². The molecule has 1 unspecified atom stereocenters. The summed E-state index contributed by atoms with van der Waals surface area (Å²) in [6.45, 7) is 2.86. The SMILES string of the molecule is CC(=O)CC(C)S(=O)(=O)c1ccc(Cl)c(Cl)c1. The molecule has 0 saturated carbocycles. The fraction of sp³-hybridized carbons (Fsp3) is 0.364. The standard InChI is InChI=1S/C11H12Cl2O3S/c1-7(14)5-8(2)17(15,16)9-3-4-10(12)11(13)6-9/h3-4,6,8H,5H2,1-2H3. The highest BCUT2D eigenvalue weighted by Gasteiger charge is 2.24. The maximum Gasteiger partial charge on any atom is 0.181 e. The highest BCUT2D eigenvalue weighted by molar-refractivity contribution is 7.92. The van der Waals surface area contributed by atoms with Crippen molar-refractivity contribution in [2.75, 3.05) is 0 Å². The molecule has 0 aliphatic carbocycles. The second kappa shape index (κ2) is 5.38. The lowest BCUT2D eigenvalue weighted by Gasteiger charge is -2.11. The van der Waals surface area contributed by atoms with Gasteiger partial charge in [-0.1, -0.05) is 23.2 Å². The summed E-state index contributed by atoms with van der Waals surface area (Å²) in [7, 11) is -3.54. The first-order valence-corrected chi connectivity index (χ1v) is 7.23. The molecule has 1 rings (SSSR count). The Morgan fingerprint density at radius 1 is 1.29 bits per heavy atom. The number of sulfone groups is 1. The summed E-state index contributed by atoms with van der Waals surface area (Å²) >= 11 is 11.5. The molecule has 0 spiro atoms. The predicted molar refractivity (Wildman–Crippen MR) is 68.4 cm³/mol. The van der Waals surface area contributed by atoms with E-state index in [4.69, 9.17) is 23.2 Å². The van der Waals surface area contributed by atoms with E-state index >= 15 is 0 Å². The fourth-order valence-corrected chi connectivity index (χ4v) is 3.22. The molecule has 1 atom stereocenters. The molecule has 94 valence electrons. The Bertz CT molecular complexity index is 538. The number of carbonyl (C=O) groups is 1. The molecule has 0 aliphatic heterocycles. The van der Waals surface area contributed by atoms with Crippen LogP contribution in [0.5, 0.6) is 0 Å². The zero-order valence-corrected chi connectivity index (χ0v) is 11.7. The Labute approximate surface area is 111 Å². The van der Waals surface area contributed by atoms with Crippen molar-refractivity contribution in [2.45, 2.75) is 30.4 Å². The molecule has 3 nitrogen and oxygen atoms in total. The molecule has 0 aliphatic rings. The molecule has 1 aromatic carbocycles. The molecule has 6 heteroatoms. The number of halogens is 2. The van der Waals surface area contributed by atoms with E-state index in [0.717, 1.165) is 0 Å². The van der Waals surface area contributed by atoms with E-state index in [1.807, 2.05) is 0 Å². The molecular weight excluding hydrogens is 283 g/mol. The smallest absolute Gasteiger partial charge is 0.181 e. The Balaban J connectivity index is 3.13. The lowest BCUT2D eigenvalue weighted by molar-refractivity contribution is -0.116. The number of hydrogen-bond acceptors (Lipinski definition) is 3. The number of hydrogen-bond donors (Lipinski definition) is 0. The van der Waals surface area contributed by atoms with Crippen LogP contribution in [0.15, 0.2) is 23.1 Å². The van der Waals surface area contributed by atoms with Gasteiger partial charge >= 0.3 is 0 Å². The van der Waals surface area contributed by atoms with Crippen LogP contribution in [0.1, 0.15) is 20.3 Å². The van der Waals surface area contributed by atoms with Gasteiger partial charge in [-0.15, -0.1) is 0 Å². The van der Waals surface area contributed by atoms with E-state index in [9.17, 15) is 13.2 Å². The average molecular weight is 295 g/mol. The van der Waals surface area contributed by atoms with E-state index in [1.165, 1.54) is 32.0 Å². The molecule has 0 saturated heterocycles. The quantitative estimate of drug-likeness (QED) is 0.857. The number of ketones is 1. The summed E-state index contributed by atoms with van der Waals surface area (Å²) in [5.41, 5.74) is 0. The second-order valence-corrected chi connectivity index (χ2v) is 7.02. The van der Waals surface area contributed by atoms with Crippen molar-refractivity contribution in [1.82, 2.24) is 0 Å². The van der Waals surface area contributed by atoms with Crippen LogP contribution >= 0.6 is 23.2 Å². The van der Waals surface area contributed by atoms with Crippen molar-refractivity contribution >= 4 is 38.8 Å². The third kappa shape index (κ3) is 3.44. The normalized spacial score (nSPS) is 13.4. The third-order valence-electron chi connectivity index (χ3n) is 2.32. The lowest BCUT2D eigenvalue weighted by Crippen LogP contribution is -2.20. The van der Waals surface area contributed by atoms with E-state index in [2.05, 4.69) is 0 Å². The van der Waals surface area contributed by atoms with Crippen LogP contribution in [0.25, 0.3) is 0 Å². The van der Waals surface area contributed by atoms with Gasteiger partial charge in [-0.25, -0.2) is 8.42 Å². The van der Waals surface area contributed by atoms with Crippen LogP contribution in [-0.4, -0.2) is 19.5 Å². The van der Waals surface area contributed by atoms with Gasteiger partial charge in [0.15, 0.2) is 9.84 Å². The Morgan fingerprint density at radius 2 is 1.88 bits per heavy atom. The largest absolute Gasteiger partial charge is 0.300 e. The van der Waals surface area contributed by atoms with E-state index in [0.29, 0.717) is 5.02 Å². The van der Waals surface area contributed by atoms with Crippen molar-refractivity contribution in [3.05, 3.63) is 28.2 Å². The minimum Gasteiger partial charge on any atom is -0.300 e. The molecule has 0 bridgehead atoms. The average Bonchev–Trinajstić information content (AvgIpc) is 2.20. The topological polar surface area (TPSA) is 51.2 Å². The third-order valence-corrected chi connectivity index (χ3v) is 5.20. The van der Waals surface area contributed by atoms with E-state index in [-0.39, 0.29) is 22.1 Å². The minimum absolute atomic E-state index is 0.0113. The zero-order valence-electron chi connectivity index (χ0n) is 9.41. The Kier molecular flexibility index (Phi) is 4.58. The molecule has 0 amide bonds. The fourth-order valence-electron chi connectivity index (χ4n) is 1.40. The first kappa shape index (κ1) is 14.5. The monoisotopic (exact) mass is 294 g/mol. The summed E-state index contributed by atoms with van der Waals surface area (Å²) in [6, 6.07) is 4.12. The van der Waals surface area contributed by atoms with Gasteiger partial charge in [0.25, 0.3) is 0 Å². The molecule has 0 radical (unpaired) electrons. The van der Waals surface area contributed by atoms with Gasteiger partial charge in [0.1, 0.15) is 5.78 Å². The molecular formula is C11H12Cl2O3S. The Hall–Kier alpha value is -0.580. The van der Waals surface area contributed by atoms with Crippen LogP contribution in [0, 0.1) is 0 Å². The van der Waals surface area contributed by atoms with Crippen LogP contribution in [0.4, 0.5) is 0 Å². The van der Waals surface area contributed by atoms with Gasteiger partial charge in [-0.3, -0.25) is 4.79 Å². The number of carbonyl (C=O) groups excluding carboxylic acids is 1. The summed E-state index contributed by atoms with van der Waals surface area (Å²) in [4.78, 5) is 11.0. The Morgan fingerprint density at radius 3 is 2.35 bits per heavy atom. The van der Waals surface area contributed by atoms with Gasteiger partial charge < -0.3 is 0 Å². The van der Waals surface area contributed by atoms with Gasteiger partial charge in [-0.05, 0) is 32.0 Å². The number of Topliss-reactive ketones (excluding diaryl/α,β-unsaturated/α-hetero) is 1. The lowest BCUT2D eigenvalue weighted by atomic mass is 10.2. The number of rotatable bonds is 4. The first-order chi connectivity index (χ1) is 7.75. The van der Waals surface area contributed by atoms with E-state index < -0.39 is 15.1 Å². The molecule has 0 fully saturated rings. The molecule has 0 aromatic heterocycles. The van der Waals surface area contributed by atoms with Gasteiger partial charge in [0.05, 0.1) is 20.2 Å². The maximum atomic E-state index is 12.1. The minimum atomic E-state index is -3.54. The van der Waals surface area contributed by atoms with Crippen molar-refractivity contribution in [3.63, 3.8) is 0 Å². The van der Waals surface area contributed by atoms with Crippen LogP contribution in [0.3, 0.4) is 0 Å². The summed E-state index contributed by atoms with van der Waals surface area (Å²) in [5, 5.41) is -0.287. The van der Waals surface area contributed by atoms with Crippen LogP contribution in [-0.2, 0) is 14.6 Å². The summed E-state index contributed by atoms with van der Waals surface area (Å²) in [6.07, 6.45) is -0.0113. The highest BCUT2D eigenvalue weighted by Crippen LogP contribution is 2.27. The molecule has 1 aromatic rings. The van der Waals surface area contributed by atoms with Gasteiger partial charge in [-0.2, -0.15) is 0 Å². The van der Waals surface area contributed by atoms with Crippen molar-refractivity contribution in [2.24, 2.45) is 0 Å². The maximum absolute atomic E-state index is 12.1. The molecule has 17 heavy (non-hydrogen) atoms. The van der Waals surface area contributed by atoms with Crippen molar-refractivity contribution in [1.29, 1.82) is 0 Å². The van der Waals surface area contributed by atoms with E-state index in [1.54, 1.807) is 0 Å². The van der Waals surface area contributed by atoms with Gasteiger partial charge in [0, 0.05) is 6.42 Å². The predicted octanol–water partition coefficient (Wildman–Crippen LogP) is 3.13. The molecule has 0 heterocycles. The van der Waals surface area contributed by atoms with Crippen molar-refractivity contribution < 1.29 is 13.2 Å². The zero-order chi connectivity index (χ0) is 13.2.